The summed E-state index contributed by atoms with van der Waals surface area (Å²) in [7, 11) is 0. The van der Waals surface area contributed by atoms with Gasteiger partial charge in [0.05, 0.1) is 6.04 Å². The van der Waals surface area contributed by atoms with Crippen molar-refractivity contribution in [3.8, 4) is 0 Å². The molecule has 1 amide bonds. The standard InChI is InChI=1S/C17H22N2O2/c1-11(2)17(13(4)20)18-16(21)10-19-9-8-14-12(3)6-5-7-15(14)19/h5-9,11,17H,10H2,1-4H3,(H,18,21). The van der Waals surface area contributed by atoms with Crippen LogP contribution < -0.4 is 5.32 Å². The Hall–Kier alpha value is -2.10. The van der Waals surface area contributed by atoms with Crippen molar-refractivity contribution in [3.05, 3.63) is 36.0 Å². The van der Waals surface area contributed by atoms with E-state index in [0.29, 0.717) is 0 Å². The zero-order chi connectivity index (χ0) is 15.6. The minimum absolute atomic E-state index is 0.00782. The molecule has 0 aliphatic rings. The first-order chi connectivity index (χ1) is 9.90. The van der Waals surface area contributed by atoms with Gasteiger partial charge in [-0.2, -0.15) is 0 Å². The minimum atomic E-state index is -0.416. The maximum atomic E-state index is 12.2. The van der Waals surface area contributed by atoms with E-state index in [1.54, 1.807) is 0 Å². The molecule has 0 bridgehead atoms. The fourth-order valence-corrected chi connectivity index (χ4v) is 2.63. The fraction of sp³-hybridized carbons (Fsp3) is 0.412. The second-order valence-corrected chi connectivity index (χ2v) is 5.85. The summed E-state index contributed by atoms with van der Waals surface area (Å²) in [4.78, 5) is 23.7. The van der Waals surface area contributed by atoms with Crippen LogP contribution in [0.1, 0.15) is 26.3 Å². The molecule has 2 aromatic rings. The number of rotatable bonds is 5. The van der Waals surface area contributed by atoms with Crippen molar-refractivity contribution in [1.82, 2.24) is 9.88 Å². The molecule has 0 aliphatic carbocycles. The van der Waals surface area contributed by atoms with Crippen molar-refractivity contribution in [2.24, 2.45) is 5.92 Å². The van der Waals surface area contributed by atoms with Gasteiger partial charge in [-0.3, -0.25) is 9.59 Å². The van der Waals surface area contributed by atoms with E-state index in [1.807, 2.05) is 42.8 Å². The number of ketones is 1. The van der Waals surface area contributed by atoms with Crippen LogP contribution in [-0.2, 0) is 16.1 Å². The summed E-state index contributed by atoms with van der Waals surface area (Å²) in [5.41, 5.74) is 2.23. The van der Waals surface area contributed by atoms with E-state index < -0.39 is 6.04 Å². The average Bonchev–Trinajstić information content (AvgIpc) is 2.80. The maximum Gasteiger partial charge on any atom is 0.240 e. The van der Waals surface area contributed by atoms with Crippen LogP contribution in [0.2, 0.25) is 0 Å². The number of fused-ring (bicyclic) bond motifs is 1. The first-order valence-electron chi connectivity index (χ1n) is 7.24. The minimum Gasteiger partial charge on any atom is -0.344 e. The summed E-state index contributed by atoms with van der Waals surface area (Å²) < 4.78 is 1.91. The molecular weight excluding hydrogens is 264 g/mol. The Bertz CT molecular complexity index is 670. The van der Waals surface area contributed by atoms with Crippen molar-refractivity contribution < 1.29 is 9.59 Å². The number of hydrogen-bond donors (Lipinski definition) is 1. The molecule has 1 unspecified atom stereocenters. The largest absolute Gasteiger partial charge is 0.344 e. The molecule has 112 valence electrons. The summed E-state index contributed by atoms with van der Waals surface area (Å²) in [5, 5.41) is 3.97. The Morgan fingerprint density at radius 2 is 1.95 bits per heavy atom. The number of aryl methyl sites for hydroxylation is 1. The zero-order valence-corrected chi connectivity index (χ0v) is 13.0. The molecule has 0 fully saturated rings. The summed E-state index contributed by atoms with van der Waals surface area (Å²) >= 11 is 0. The highest BCUT2D eigenvalue weighted by Gasteiger charge is 2.20. The number of carbonyl (C=O) groups is 2. The van der Waals surface area contributed by atoms with Crippen LogP contribution in [0.5, 0.6) is 0 Å². The second-order valence-electron chi connectivity index (χ2n) is 5.85. The Kier molecular flexibility index (Phi) is 4.46. The summed E-state index contributed by atoms with van der Waals surface area (Å²) in [5.74, 6) is -0.0513. The van der Waals surface area contributed by atoms with Gasteiger partial charge in [0.25, 0.3) is 0 Å². The van der Waals surface area contributed by atoms with E-state index in [4.69, 9.17) is 0 Å². The number of Topliss-reactive ketones (excluding diaryl/α,β-unsaturated/α-hetero) is 1. The molecule has 0 saturated heterocycles. The Morgan fingerprint density at radius 1 is 1.24 bits per heavy atom. The third-order valence-corrected chi connectivity index (χ3v) is 3.77. The van der Waals surface area contributed by atoms with Gasteiger partial charge in [0.2, 0.25) is 5.91 Å². The van der Waals surface area contributed by atoms with Crippen molar-refractivity contribution in [1.29, 1.82) is 0 Å². The highest BCUT2D eigenvalue weighted by atomic mass is 16.2. The number of aromatic nitrogens is 1. The predicted molar refractivity (Wildman–Crippen MR) is 84.1 cm³/mol. The Labute approximate surface area is 125 Å². The van der Waals surface area contributed by atoms with Crippen LogP contribution in [0.15, 0.2) is 30.5 Å². The topological polar surface area (TPSA) is 51.1 Å². The molecule has 1 aromatic heterocycles. The first-order valence-corrected chi connectivity index (χ1v) is 7.24. The van der Waals surface area contributed by atoms with E-state index >= 15 is 0 Å². The van der Waals surface area contributed by atoms with Gasteiger partial charge < -0.3 is 9.88 Å². The molecule has 4 heteroatoms. The second kappa shape index (κ2) is 6.12. The number of nitrogens with one attached hydrogen (secondary N) is 1. The smallest absolute Gasteiger partial charge is 0.240 e. The zero-order valence-electron chi connectivity index (χ0n) is 13.0. The van der Waals surface area contributed by atoms with Gasteiger partial charge in [0, 0.05) is 17.1 Å². The lowest BCUT2D eigenvalue weighted by atomic mass is 10.0. The molecule has 1 N–H and O–H groups in total. The molecule has 0 aliphatic heterocycles. The van der Waals surface area contributed by atoms with Crippen molar-refractivity contribution in [2.45, 2.75) is 40.3 Å². The van der Waals surface area contributed by atoms with Crippen LogP contribution in [0.4, 0.5) is 0 Å². The third kappa shape index (κ3) is 3.32. The maximum absolute atomic E-state index is 12.2. The molecular formula is C17H22N2O2. The van der Waals surface area contributed by atoms with Gasteiger partial charge in [-0.15, -0.1) is 0 Å². The summed E-state index contributed by atoms with van der Waals surface area (Å²) in [6.45, 7) is 7.65. The van der Waals surface area contributed by atoms with E-state index in [2.05, 4.69) is 18.3 Å². The normalized spacial score (nSPS) is 12.6. The van der Waals surface area contributed by atoms with Gasteiger partial charge in [-0.25, -0.2) is 0 Å². The molecule has 1 aromatic carbocycles. The lowest BCUT2D eigenvalue weighted by Gasteiger charge is -2.19. The summed E-state index contributed by atoms with van der Waals surface area (Å²) in [6, 6.07) is 7.64. The number of nitrogens with zero attached hydrogens (tertiary/aromatic N) is 1. The molecule has 4 nitrogen and oxygen atoms in total. The predicted octanol–water partition coefficient (Wildman–Crippen LogP) is 2.68. The van der Waals surface area contributed by atoms with Gasteiger partial charge in [0.1, 0.15) is 6.54 Å². The molecule has 1 atom stereocenters. The lowest BCUT2D eigenvalue weighted by molar-refractivity contribution is -0.128. The van der Waals surface area contributed by atoms with Gasteiger partial charge >= 0.3 is 0 Å². The van der Waals surface area contributed by atoms with Gasteiger partial charge in [0.15, 0.2) is 5.78 Å². The highest BCUT2D eigenvalue weighted by Crippen LogP contribution is 2.19. The quantitative estimate of drug-likeness (QED) is 0.918. The van der Waals surface area contributed by atoms with Gasteiger partial charge in [-0.05, 0) is 37.5 Å². The Balaban J connectivity index is 2.15. The molecule has 0 saturated carbocycles. The molecule has 21 heavy (non-hydrogen) atoms. The van der Waals surface area contributed by atoms with E-state index in [1.165, 1.54) is 12.5 Å². The van der Waals surface area contributed by atoms with Crippen LogP contribution in [0, 0.1) is 12.8 Å². The van der Waals surface area contributed by atoms with Crippen molar-refractivity contribution in [2.75, 3.05) is 0 Å². The first kappa shape index (κ1) is 15.3. The van der Waals surface area contributed by atoms with E-state index in [9.17, 15) is 9.59 Å². The van der Waals surface area contributed by atoms with E-state index in [0.717, 1.165) is 10.9 Å². The van der Waals surface area contributed by atoms with E-state index in [-0.39, 0.29) is 24.2 Å². The van der Waals surface area contributed by atoms with Crippen molar-refractivity contribution in [3.63, 3.8) is 0 Å². The van der Waals surface area contributed by atoms with Crippen LogP contribution in [0.3, 0.4) is 0 Å². The SMILES string of the molecule is CC(=O)C(NC(=O)Cn1ccc2c(C)cccc21)C(C)C. The molecule has 2 rings (SSSR count). The lowest BCUT2D eigenvalue weighted by Crippen LogP contribution is -2.44. The highest BCUT2D eigenvalue weighted by molar-refractivity contribution is 5.89. The number of benzene rings is 1. The van der Waals surface area contributed by atoms with Crippen LogP contribution >= 0.6 is 0 Å². The van der Waals surface area contributed by atoms with Crippen LogP contribution in [0.25, 0.3) is 10.9 Å². The average molecular weight is 286 g/mol. The third-order valence-electron chi connectivity index (χ3n) is 3.77. The number of amides is 1. The molecule has 0 spiro atoms. The fourth-order valence-electron chi connectivity index (χ4n) is 2.63. The van der Waals surface area contributed by atoms with Crippen molar-refractivity contribution >= 4 is 22.6 Å². The number of hydrogen-bond acceptors (Lipinski definition) is 2. The Morgan fingerprint density at radius 3 is 2.57 bits per heavy atom. The number of carbonyl (C=O) groups excluding carboxylic acids is 2. The molecule has 1 heterocycles. The monoisotopic (exact) mass is 286 g/mol. The molecule has 0 radical (unpaired) electrons. The van der Waals surface area contributed by atoms with Gasteiger partial charge in [-0.1, -0.05) is 26.0 Å². The summed E-state index contributed by atoms with van der Waals surface area (Å²) in [6.07, 6.45) is 1.91. The van der Waals surface area contributed by atoms with Crippen LogP contribution in [-0.4, -0.2) is 22.3 Å².